The van der Waals surface area contributed by atoms with Crippen LogP contribution in [0.15, 0.2) is 44.9 Å². The number of hydrogen-bond acceptors (Lipinski definition) is 13. The molecule has 21 heteroatoms. The first-order valence-corrected chi connectivity index (χ1v) is 14.7. The van der Waals surface area contributed by atoms with Crippen molar-refractivity contribution in [2.75, 3.05) is 24.0 Å². The number of carbonyl (C=O) groups is 4. The number of methoxy groups -OCH3 is 1. The van der Waals surface area contributed by atoms with Gasteiger partial charge in [0.25, 0.3) is 17.5 Å². The summed E-state index contributed by atoms with van der Waals surface area (Å²) >= 11 is 3.55. The number of aryl methyl sites for hydroxylation is 1. The number of thiophene rings is 1. The van der Waals surface area contributed by atoms with Crippen molar-refractivity contribution < 1.29 is 34.1 Å². The Hall–Kier alpha value is -4.34. The Bertz CT molecular complexity index is 1630. The number of β-lactam (4-membered cyclic amide) rings is 1. The van der Waals surface area contributed by atoms with Crippen molar-refractivity contribution in [1.29, 1.82) is 0 Å². The lowest BCUT2D eigenvalue weighted by molar-refractivity contribution is -0.192. The number of hydrogen-bond donors (Lipinski definition) is 6. The maximum atomic E-state index is 13.6. The molecule has 0 radical (unpaired) electrons. The Morgan fingerprint density at radius 1 is 1.36 bits per heavy atom. The highest BCUT2D eigenvalue weighted by atomic mass is 32.2. The lowest BCUT2D eigenvalue weighted by Crippen LogP contribution is -2.81. The number of aromatic hydroxyl groups is 1. The zero-order chi connectivity index (χ0) is 30.2. The Balaban J connectivity index is 1.35. The fourth-order valence-electron chi connectivity index (χ4n) is 4.26. The normalized spacial score (nSPS) is 20.5. The van der Waals surface area contributed by atoms with Crippen molar-refractivity contribution >= 4 is 58.7 Å². The third kappa shape index (κ3) is 5.21. The third-order valence-corrected chi connectivity index (χ3v) is 9.60. The second-order valence-electron chi connectivity index (χ2n) is 8.75. The van der Waals surface area contributed by atoms with Gasteiger partial charge in [0.15, 0.2) is 0 Å². The van der Waals surface area contributed by atoms with Gasteiger partial charge in [-0.15, -0.1) is 28.2 Å². The summed E-state index contributed by atoms with van der Waals surface area (Å²) in [5, 5.41) is 36.8. The molecule has 0 saturated carbocycles. The van der Waals surface area contributed by atoms with Gasteiger partial charge in [0, 0.05) is 30.5 Å². The van der Waals surface area contributed by atoms with Gasteiger partial charge in [0.1, 0.15) is 17.1 Å². The van der Waals surface area contributed by atoms with Gasteiger partial charge in [-0.2, -0.15) is 0 Å². The summed E-state index contributed by atoms with van der Waals surface area (Å²) in [4.78, 5) is 67.3. The van der Waals surface area contributed by atoms with E-state index in [1.807, 2.05) is 0 Å². The molecule has 18 nitrogen and oxygen atoms in total. The maximum absolute atomic E-state index is 13.6. The molecule has 3 aromatic heterocycles. The van der Waals surface area contributed by atoms with Crippen LogP contribution < -0.4 is 21.7 Å². The minimum Gasteiger partial charge on any atom is -0.493 e. The SMILES string of the molecule is CO[C@@]1(NC(=O)C(NC(=O)Nn2cc(O)[nH]c2=O)c2cccs2)C(=O)N2C(C(=O)O)=C(CSc3nnnn3C)CSC21. The second kappa shape index (κ2) is 11.5. The summed E-state index contributed by atoms with van der Waals surface area (Å²) in [6.45, 7) is 0. The number of aromatic nitrogens is 6. The van der Waals surface area contributed by atoms with E-state index in [4.69, 9.17) is 4.74 Å². The fourth-order valence-corrected chi connectivity index (χ4v) is 7.47. The Morgan fingerprint density at radius 3 is 2.74 bits per heavy atom. The number of fused-ring (bicyclic) bond motifs is 1. The number of H-pyrrole nitrogens is 1. The van der Waals surface area contributed by atoms with Crippen LogP contribution in [0.1, 0.15) is 10.9 Å². The predicted octanol–water partition coefficient (Wildman–Crippen LogP) is -1.03. The average molecular weight is 639 g/mol. The van der Waals surface area contributed by atoms with Crippen molar-refractivity contribution in [3.05, 3.63) is 50.3 Å². The van der Waals surface area contributed by atoms with Crippen molar-refractivity contribution in [3.63, 3.8) is 0 Å². The molecular weight excluding hydrogens is 616 g/mol. The molecule has 2 aliphatic rings. The smallest absolute Gasteiger partial charge is 0.352 e. The first kappa shape index (κ1) is 29.2. The molecule has 5 rings (SSSR count). The molecular formula is C21H22N10O8S3. The number of aromatic amines is 1. The second-order valence-corrected chi connectivity index (χ2v) is 11.7. The highest BCUT2D eigenvalue weighted by Crippen LogP contribution is 2.47. The van der Waals surface area contributed by atoms with E-state index in [9.17, 15) is 34.2 Å². The van der Waals surface area contributed by atoms with E-state index >= 15 is 0 Å². The minimum absolute atomic E-state index is 0.202. The molecule has 1 fully saturated rings. The van der Waals surface area contributed by atoms with E-state index in [2.05, 4.69) is 36.6 Å². The Morgan fingerprint density at radius 2 is 2.14 bits per heavy atom. The van der Waals surface area contributed by atoms with E-state index in [1.54, 1.807) is 24.6 Å². The molecule has 2 unspecified atom stereocenters. The minimum atomic E-state index is -1.92. The van der Waals surface area contributed by atoms with Crippen molar-refractivity contribution in [3.8, 4) is 5.88 Å². The fraction of sp³-hybridized carbons (Fsp3) is 0.333. The van der Waals surface area contributed by atoms with Gasteiger partial charge in [-0.05, 0) is 27.4 Å². The third-order valence-electron chi connectivity index (χ3n) is 6.19. The predicted molar refractivity (Wildman–Crippen MR) is 147 cm³/mol. The van der Waals surface area contributed by atoms with Gasteiger partial charge in [0.05, 0.1) is 6.20 Å². The summed E-state index contributed by atoms with van der Waals surface area (Å²) in [6, 6.07) is 0.918. The molecule has 6 N–H and O–H groups in total. The first-order valence-electron chi connectivity index (χ1n) is 11.8. The number of amides is 4. The first-order chi connectivity index (χ1) is 20.1. The van der Waals surface area contributed by atoms with Crippen molar-refractivity contribution in [2.24, 2.45) is 7.05 Å². The molecule has 0 bridgehead atoms. The van der Waals surface area contributed by atoms with Crippen LogP contribution in [0.4, 0.5) is 4.79 Å². The van der Waals surface area contributed by atoms with E-state index < -0.39 is 52.5 Å². The molecule has 4 amide bonds. The monoisotopic (exact) mass is 638 g/mol. The molecule has 3 atom stereocenters. The van der Waals surface area contributed by atoms with Crippen LogP contribution in [0, 0.1) is 0 Å². The molecule has 1 saturated heterocycles. The summed E-state index contributed by atoms with van der Waals surface area (Å²) in [7, 11) is 2.85. The van der Waals surface area contributed by atoms with Crippen LogP contribution in [0.2, 0.25) is 0 Å². The number of thioether (sulfide) groups is 2. The summed E-state index contributed by atoms with van der Waals surface area (Å²) in [5.74, 6) is -3.04. The Labute approximate surface area is 247 Å². The van der Waals surface area contributed by atoms with Gasteiger partial charge in [-0.1, -0.05) is 17.8 Å². The highest BCUT2D eigenvalue weighted by molar-refractivity contribution is 8.01. The highest BCUT2D eigenvalue weighted by Gasteiger charge is 2.67. The lowest BCUT2D eigenvalue weighted by atomic mass is 9.97. The summed E-state index contributed by atoms with van der Waals surface area (Å²) in [6.07, 6.45) is 0.925. The lowest BCUT2D eigenvalue weighted by Gasteiger charge is -2.56. The zero-order valence-corrected chi connectivity index (χ0v) is 24.1. The van der Waals surface area contributed by atoms with Crippen LogP contribution in [0.3, 0.4) is 0 Å². The number of aliphatic carboxylic acids is 1. The molecule has 0 aliphatic carbocycles. The maximum Gasteiger partial charge on any atom is 0.352 e. The van der Waals surface area contributed by atoms with Gasteiger partial charge >= 0.3 is 17.7 Å². The average Bonchev–Trinajstić information content (AvgIpc) is 3.70. The van der Waals surface area contributed by atoms with Crippen molar-refractivity contribution in [1.82, 2.24) is 45.4 Å². The zero-order valence-electron chi connectivity index (χ0n) is 21.6. The number of urea groups is 1. The molecule has 0 spiro atoms. The molecule has 3 aromatic rings. The quantitative estimate of drug-likeness (QED) is 0.0885. The molecule has 2 aliphatic heterocycles. The number of tetrazole rings is 1. The van der Waals surface area contributed by atoms with E-state index in [1.165, 1.54) is 35.3 Å². The Kier molecular flexibility index (Phi) is 7.99. The molecule has 0 aromatic carbocycles. The number of imidazole rings is 1. The van der Waals surface area contributed by atoms with E-state index in [0.717, 1.165) is 22.4 Å². The number of ether oxygens (including phenoxy) is 1. The van der Waals surface area contributed by atoms with Crippen LogP contribution >= 0.6 is 34.9 Å². The van der Waals surface area contributed by atoms with Gasteiger partial charge < -0.3 is 25.6 Å². The van der Waals surface area contributed by atoms with Crippen LogP contribution in [-0.4, -0.2) is 98.5 Å². The number of carboxylic acid groups (broad SMARTS) is 1. The number of nitrogens with zero attached hydrogens (tertiary/aromatic N) is 6. The largest absolute Gasteiger partial charge is 0.493 e. The number of carboxylic acids is 1. The molecule has 5 heterocycles. The van der Waals surface area contributed by atoms with Gasteiger partial charge in [0.2, 0.25) is 11.0 Å². The molecule has 222 valence electrons. The summed E-state index contributed by atoms with van der Waals surface area (Å²) in [5.41, 5.74) is -0.343. The van der Waals surface area contributed by atoms with Crippen molar-refractivity contribution in [2.45, 2.75) is 22.3 Å². The topological polar surface area (TPSA) is 239 Å². The summed E-state index contributed by atoms with van der Waals surface area (Å²) < 4.78 is 7.62. The van der Waals surface area contributed by atoms with Crippen LogP contribution in [0.5, 0.6) is 5.88 Å². The number of carbonyl (C=O) groups excluding carboxylic acids is 3. The number of nitrogens with one attached hydrogen (secondary N) is 4. The van der Waals surface area contributed by atoms with E-state index in [0.29, 0.717) is 20.3 Å². The van der Waals surface area contributed by atoms with E-state index in [-0.39, 0.29) is 17.2 Å². The van der Waals surface area contributed by atoms with Gasteiger partial charge in [-0.3, -0.25) is 19.5 Å². The standard InChI is InChI=1S/C21H22N10O8S3/c1-29-20(25-27-28-29)42-8-9-7-41-17-21(39-2,16(36)31(17)13(9)15(34)35)24-14(33)12(10-4-3-5-40-10)23-18(37)26-30-6-11(32)22-19(30)38/h3-6,12,17,32H,7-8H2,1-2H3,(H,22,38)(H,24,33)(H,34,35)(H2,23,26,37)/t12?,17?,21-/m0/s1. The number of rotatable bonds is 10. The van der Waals surface area contributed by atoms with Crippen LogP contribution in [-0.2, 0) is 26.2 Å². The van der Waals surface area contributed by atoms with Crippen LogP contribution in [0.25, 0.3) is 0 Å². The molecule has 42 heavy (non-hydrogen) atoms. The van der Waals surface area contributed by atoms with Gasteiger partial charge in [-0.25, -0.2) is 29.2 Å².